The standard InChI is InChI=1S/C15H30N2/c1-12-6-4-7-14(11-16)17(12)13-8-5-9-15(2,3)10-13/h12-14H,4-11,16H2,1-3H3. The molecule has 0 aromatic carbocycles. The minimum absolute atomic E-state index is 0.541. The molecule has 1 heterocycles. The molecule has 0 spiro atoms. The number of piperidine rings is 1. The Morgan fingerprint density at radius 1 is 1.18 bits per heavy atom. The molecule has 0 aromatic heterocycles. The third-order valence-electron chi connectivity index (χ3n) is 4.96. The molecule has 0 amide bonds. The molecule has 3 atom stereocenters. The Hall–Kier alpha value is -0.0800. The van der Waals surface area contributed by atoms with Gasteiger partial charge in [-0.1, -0.05) is 26.7 Å². The highest BCUT2D eigenvalue weighted by Gasteiger charge is 2.37. The molecule has 1 saturated heterocycles. The van der Waals surface area contributed by atoms with Gasteiger partial charge in [-0.15, -0.1) is 0 Å². The van der Waals surface area contributed by atoms with Crippen LogP contribution in [-0.2, 0) is 0 Å². The lowest BCUT2D eigenvalue weighted by Crippen LogP contribution is -2.55. The van der Waals surface area contributed by atoms with E-state index in [1.165, 1.54) is 44.9 Å². The van der Waals surface area contributed by atoms with Crippen molar-refractivity contribution in [1.82, 2.24) is 4.90 Å². The summed E-state index contributed by atoms with van der Waals surface area (Å²) in [6.45, 7) is 8.13. The highest BCUT2D eigenvalue weighted by molar-refractivity contribution is 4.92. The van der Waals surface area contributed by atoms with E-state index in [2.05, 4.69) is 25.7 Å². The molecule has 0 radical (unpaired) electrons. The van der Waals surface area contributed by atoms with Crippen LogP contribution in [0.5, 0.6) is 0 Å². The van der Waals surface area contributed by atoms with Gasteiger partial charge in [-0.3, -0.25) is 4.90 Å². The first-order chi connectivity index (χ1) is 8.03. The van der Waals surface area contributed by atoms with Gasteiger partial charge in [-0.25, -0.2) is 0 Å². The zero-order valence-corrected chi connectivity index (χ0v) is 11.9. The van der Waals surface area contributed by atoms with E-state index in [4.69, 9.17) is 5.73 Å². The van der Waals surface area contributed by atoms with Gasteiger partial charge in [-0.05, 0) is 44.4 Å². The lowest BCUT2D eigenvalue weighted by Gasteiger charge is -2.49. The Bertz CT molecular complexity index is 249. The Labute approximate surface area is 107 Å². The third kappa shape index (κ3) is 3.03. The van der Waals surface area contributed by atoms with E-state index in [-0.39, 0.29) is 0 Å². The van der Waals surface area contributed by atoms with E-state index >= 15 is 0 Å². The summed E-state index contributed by atoms with van der Waals surface area (Å²) in [6, 6.07) is 2.19. The fraction of sp³-hybridized carbons (Fsp3) is 1.00. The Morgan fingerprint density at radius 2 is 1.94 bits per heavy atom. The number of hydrogen-bond donors (Lipinski definition) is 1. The molecular formula is C15H30N2. The van der Waals surface area contributed by atoms with E-state index in [0.29, 0.717) is 11.5 Å². The minimum atomic E-state index is 0.541. The van der Waals surface area contributed by atoms with E-state index in [1.54, 1.807) is 0 Å². The lowest BCUT2D eigenvalue weighted by atomic mass is 9.73. The SMILES string of the molecule is CC1CCCC(CN)N1C1CCCC(C)(C)C1. The second kappa shape index (κ2) is 5.27. The minimum Gasteiger partial charge on any atom is -0.329 e. The van der Waals surface area contributed by atoms with Gasteiger partial charge in [0.25, 0.3) is 0 Å². The smallest absolute Gasteiger partial charge is 0.0224 e. The van der Waals surface area contributed by atoms with E-state index in [9.17, 15) is 0 Å². The van der Waals surface area contributed by atoms with Gasteiger partial charge in [0.15, 0.2) is 0 Å². The normalized spacial score (nSPS) is 39.2. The van der Waals surface area contributed by atoms with E-state index < -0.39 is 0 Å². The summed E-state index contributed by atoms with van der Waals surface area (Å²) < 4.78 is 0. The van der Waals surface area contributed by atoms with E-state index in [1.807, 2.05) is 0 Å². The quantitative estimate of drug-likeness (QED) is 0.800. The van der Waals surface area contributed by atoms with Crippen molar-refractivity contribution in [2.75, 3.05) is 6.54 Å². The third-order valence-corrected chi connectivity index (χ3v) is 4.96. The first kappa shape index (κ1) is 13.4. The Balaban J connectivity index is 2.07. The maximum Gasteiger partial charge on any atom is 0.0224 e. The van der Waals surface area contributed by atoms with Gasteiger partial charge in [0.05, 0.1) is 0 Å². The van der Waals surface area contributed by atoms with Gasteiger partial charge in [-0.2, -0.15) is 0 Å². The van der Waals surface area contributed by atoms with Crippen molar-refractivity contribution in [1.29, 1.82) is 0 Å². The van der Waals surface area contributed by atoms with Gasteiger partial charge in [0.1, 0.15) is 0 Å². The number of rotatable bonds is 2. The van der Waals surface area contributed by atoms with Crippen LogP contribution in [0.1, 0.15) is 65.7 Å². The van der Waals surface area contributed by atoms with Gasteiger partial charge >= 0.3 is 0 Å². The number of nitrogens with zero attached hydrogens (tertiary/aromatic N) is 1. The molecule has 2 N–H and O–H groups in total. The summed E-state index contributed by atoms with van der Waals surface area (Å²) >= 11 is 0. The largest absolute Gasteiger partial charge is 0.329 e. The van der Waals surface area contributed by atoms with E-state index in [0.717, 1.165) is 18.6 Å². The van der Waals surface area contributed by atoms with Crippen molar-refractivity contribution < 1.29 is 0 Å². The summed E-state index contributed by atoms with van der Waals surface area (Å²) in [4.78, 5) is 2.78. The summed E-state index contributed by atoms with van der Waals surface area (Å²) in [5.74, 6) is 0. The maximum absolute atomic E-state index is 5.99. The molecule has 1 aliphatic carbocycles. The number of nitrogens with two attached hydrogens (primary N) is 1. The zero-order chi connectivity index (χ0) is 12.5. The first-order valence-corrected chi connectivity index (χ1v) is 7.51. The fourth-order valence-corrected chi connectivity index (χ4v) is 4.12. The predicted molar refractivity (Wildman–Crippen MR) is 74.0 cm³/mol. The molecule has 0 aromatic rings. The van der Waals surface area contributed by atoms with Gasteiger partial charge in [0, 0.05) is 24.7 Å². The average molecular weight is 238 g/mol. The highest BCUT2D eigenvalue weighted by atomic mass is 15.2. The molecular weight excluding hydrogens is 208 g/mol. The second-order valence-corrected chi connectivity index (χ2v) is 7.03. The van der Waals surface area contributed by atoms with Gasteiger partial charge < -0.3 is 5.73 Å². The summed E-state index contributed by atoms with van der Waals surface area (Å²) in [5.41, 5.74) is 6.53. The van der Waals surface area contributed by atoms with Crippen LogP contribution in [0.25, 0.3) is 0 Å². The molecule has 100 valence electrons. The number of likely N-dealkylation sites (tertiary alicyclic amines) is 1. The summed E-state index contributed by atoms with van der Waals surface area (Å²) in [5, 5.41) is 0. The average Bonchev–Trinajstić information content (AvgIpc) is 2.27. The summed E-state index contributed by atoms with van der Waals surface area (Å²) in [6.07, 6.45) is 9.62. The molecule has 2 nitrogen and oxygen atoms in total. The monoisotopic (exact) mass is 238 g/mol. The molecule has 1 saturated carbocycles. The van der Waals surface area contributed by atoms with Crippen LogP contribution >= 0.6 is 0 Å². The van der Waals surface area contributed by atoms with Crippen molar-refractivity contribution in [2.24, 2.45) is 11.1 Å². The van der Waals surface area contributed by atoms with Crippen LogP contribution in [0.4, 0.5) is 0 Å². The Morgan fingerprint density at radius 3 is 2.59 bits per heavy atom. The van der Waals surface area contributed by atoms with Crippen LogP contribution in [0.15, 0.2) is 0 Å². The maximum atomic E-state index is 5.99. The van der Waals surface area contributed by atoms with Crippen molar-refractivity contribution in [3.05, 3.63) is 0 Å². The number of hydrogen-bond acceptors (Lipinski definition) is 2. The van der Waals surface area contributed by atoms with Gasteiger partial charge in [0.2, 0.25) is 0 Å². The van der Waals surface area contributed by atoms with Crippen LogP contribution in [0.2, 0.25) is 0 Å². The predicted octanol–water partition coefficient (Wildman–Crippen LogP) is 3.16. The molecule has 17 heavy (non-hydrogen) atoms. The zero-order valence-electron chi connectivity index (χ0n) is 11.9. The lowest BCUT2D eigenvalue weighted by molar-refractivity contribution is 0.00737. The van der Waals surface area contributed by atoms with Crippen LogP contribution in [0, 0.1) is 5.41 Å². The van der Waals surface area contributed by atoms with Crippen LogP contribution in [0.3, 0.4) is 0 Å². The first-order valence-electron chi connectivity index (χ1n) is 7.51. The van der Waals surface area contributed by atoms with Crippen LogP contribution in [-0.4, -0.2) is 29.6 Å². The molecule has 2 aliphatic rings. The van der Waals surface area contributed by atoms with Crippen molar-refractivity contribution in [3.63, 3.8) is 0 Å². The fourth-order valence-electron chi connectivity index (χ4n) is 4.12. The topological polar surface area (TPSA) is 29.3 Å². The molecule has 3 unspecified atom stereocenters. The Kier molecular flexibility index (Phi) is 4.14. The van der Waals surface area contributed by atoms with Crippen molar-refractivity contribution >= 4 is 0 Å². The highest BCUT2D eigenvalue weighted by Crippen LogP contribution is 2.40. The molecule has 2 heteroatoms. The van der Waals surface area contributed by atoms with Crippen molar-refractivity contribution in [3.8, 4) is 0 Å². The molecule has 2 fully saturated rings. The second-order valence-electron chi connectivity index (χ2n) is 7.03. The summed E-state index contributed by atoms with van der Waals surface area (Å²) in [7, 11) is 0. The molecule has 1 aliphatic heterocycles. The van der Waals surface area contributed by atoms with Crippen LogP contribution < -0.4 is 5.73 Å². The van der Waals surface area contributed by atoms with Crippen molar-refractivity contribution in [2.45, 2.75) is 83.8 Å². The molecule has 0 bridgehead atoms. The molecule has 2 rings (SSSR count).